The summed E-state index contributed by atoms with van der Waals surface area (Å²) in [5, 5.41) is 18.9. The van der Waals surface area contributed by atoms with Crippen molar-refractivity contribution < 1.29 is 19.9 Å². The highest BCUT2D eigenvalue weighted by Gasteiger charge is 2.27. The summed E-state index contributed by atoms with van der Waals surface area (Å²) in [5.41, 5.74) is 1.23. The smallest absolute Gasteiger partial charge is 0.308 e. The Balaban J connectivity index is 2.40. The predicted molar refractivity (Wildman–Crippen MR) is 74.3 cm³/mol. The minimum atomic E-state index is -0.988. The van der Waals surface area contributed by atoms with Crippen LogP contribution in [-0.4, -0.2) is 33.8 Å². The number of carboxylic acid groups (broad SMARTS) is 1. The second-order valence-corrected chi connectivity index (χ2v) is 4.90. The van der Waals surface area contributed by atoms with Crippen LogP contribution in [-0.2, 0) is 16.0 Å². The van der Waals surface area contributed by atoms with Gasteiger partial charge >= 0.3 is 5.97 Å². The first-order chi connectivity index (χ1) is 9.56. The quantitative estimate of drug-likeness (QED) is 0.315. The Bertz CT molecular complexity index is 421. The lowest BCUT2D eigenvalue weighted by Crippen LogP contribution is -2.39. The minimum absolute atomic E-state index is 0.241. The lowest BCUT2D eigenvalue weighted by atomic mass is 9.93. The number of carbonyl (C=O) groups excluding carboxylic acids is 1. The van der Waals surface area contributed by atoms with E-state index in [1.165, 1.54) is 12.5 Å². The Hall–Kier alpha value is -1.88. The molecular weight excluding hydrogens is 258 g/mol. The van der Waals surface area contributed by atoms with Gasteiger partial charge in [0.15, 0.2) is 0 Å². The van der Waals surface area contributed by atoms with Crippen molar-refractivity contribution in [2.75, 3.05) is 0 Å². The topological polar surface area (TPSA) is 77.8 Å². The molecule has 0 bridgehead atoms. The maximum Gasteiger partial charge on any atom is 0.308 e. The number of hydrogen-bond donors (Lipinski definition) is 2. The lowest BCUT2D eigenvalue weighted by molar-refractivity contribution is -0.170. The Labute approximate surface area is 118 Å². The first-order valence-electron chi connectivity index (χ1n) is 6.75. The number of benzene rings is 1. The number of hydrogen-bond acceptors (Lipinski definition) is 3. The van der Waals surface area contributed by atoms with Crippen molar-refractivity contribution in [3.05, 3.63) is 35.9 Å². The van der Waals surface area contributed by atoms with Gasteiger partial charge in [0.25, 0.3) is 0 Å². The highest BCUT2D eigenvalue weighted by atomic mass is 16.5. The molecule has 0 unspecified atom stereocenters. The third-order valence-electron chi connectivity index (χ3n) is 3.50. The molecule has 110 valence electrons. The molecule has 0 fully saturated rings. The van der Waals surface area contributed by atoms with Crippen LogP contribution < -0.4 is 0 Å². The molecule has 5 nitrogen and oxygen atoms in total. The SMILES string of the molecule is C[C@@H]([C@@H](CCCCc1ccccc1)C(=O)O)N(O)C=O. The van der Waals surface area contributed by atoms with Crippen molar-refractivity contribution in [1.29, 1.82) is 0 Å². The Morgan fingerprint density at radius 3 is 2.50 bits per heavy atom. The first-order valence-corrected chi connectivity index (χ1v) is 6.75. The van der Waals surface area contributed by atoms with E-state index in [2.05, 4.69) is 0 Å². The van der Waals surface area contributed by atoms with Gasteiger partial charge < -0.3 is 5.11 Å². The molecule has 0 radical (unpaired) electrons. The van der Waals surface area contributed by atoms with Gasteiger partial charge in [0.1, 0.15) is 0 Å². The van der Waals surface area contributed by atoms with Crippen LogP contribution in [0.5, 0.6) is 0 Å². The summed E-state index contributed by atoms with van der Waals surface area (Å²) in [4.78, 5) is 21.6. The standard InChI is InChI=1S/C15H21NO4/c1-12(16(20)11-17)14(15(18)19)10-6-5-9-13-7-3-2-4-8-13/h2-4,7-8,11-12,14,20H,5-6,9-10H2,1H3,(H,18,19)/t12-,14+/m0/s1. The van der Waals surface area contributed by atoms with Crippen molar-refractivity contribution >= 4 is 12.4 Å². The Kier molecular flexibility index (Phi) is 6.73. The fourth-order valence-corrected chi connectivity index (χ4v) is 2.19. The molecule has 0 spiro atoms. The molecule has 2 N–H and O–H groups in total. The number of carbonyl (C=O) groups is 2. The zero-order valence-electron chi connectivity index (χ0n) is 11.6. The van der Waals surface area contributed by atoms with Gasteiger partial charge in [-0.15, -0.1) is 0 Å². The van der Waals surface area contributed by atoms with Crippen molar-refractivity contribution in [2.45, 2.75) is 38.6 Å². The Morgan fingerprint density at radius 2 is 1.95 bits per heavy atom. The van der Waals surface area contributed by atoms with E-state index in [9.17, 15) is 14.8 Å². The maximum atomic E-state index is 11.2. The summed E-state index contributed by atoms with van der Waals surface area (Å²) >= 11 is 0. The molecular formula is C15H21NO4. The maximum absolute atomic E-state index is 11.2. The number of carboxylic acids is 1. The van der Waals surface area contributed by atoms with Gasteiger partial charge in [-0.3, -0.25) is 14.8 Å². The van der Waals surface area contributed by atoms with E-state index in [1.54, 1.807) is 0 Å². The van der Waals surface area contributed by atoms with Crippen molar-refractivity contribution in [2.24, 2.45) is 5.92 Å². The van der Waals surface area contributed by atoms with Crippen LogP contribution in [0, 0.1) is 5.92 Å². The van der Waals surface area contributed by atoms with Gasteiger partial charge in [-0.25, -0.2) is 5.06 Å². The molecule has 5 heteroatoms. The number of nitrogens with zero attached hydrogens (tertiary/aromatic N) is 1. The highest BCUT2D eigenvalue weighted by molar-refractivity contribution is 5.71. The largest absolute Gasteiger partial charge is 0.481 e. The zero-order valence-corrected chi connectivity index (χ0v) is 11.6. The molecule has 1 aromatic rings. The average molecular weight is 279 g/mol. The van der Waals surface area contributed by atoms with E-state index < -0.39 is 17.9 Å². The zero-order chi connectivity index (χ0) is 15.0. The van der Waals surface area contributed by atoms with Crippen LogP contribution >= 0.6 is 0 Å². The number of amides is 1. The van der Waals surface area contributed by atoms with E-state index in [0.717, 1.165) is 19.3 Å². The van der Waals surface area contributed by atoms with E-state index in [0.29, 0.717) is 11.5 Å². The third-order valence-corrected chi connectivity index (χ3v) is 3.50. The number of rotatable bonds is 9. The normalized spacial score (nSPS) is 13.5. The molecule has 0 heterocycles. The summed E-state index contributed by atoms with van der Waals surface area (Å²) in [7, 11) is 0. The minimum Gasteiger partial charge on any atom is -0.481 e. The first kappa shape index (κ1) is 16.2. The number of unbranched alkanes of at least 4 members (excludes halogenated alkanes) is 1. The summed E-state index contributed by atoms with van der Waals surface area (Å²) < 4.78 is 0. The van der Waals surface area contributed by atoms with Crippen molar-refractivity contribution in [1.82, 2.24) is 5.06 Å². The van der Waals surface area contributed by atoms with Gasteiger partial charge in [-0.1, -0.05) is 36.8 Å². The van der Waals surface area contributed by atoms with Crippen molar-refractivity contribution in [3.8, 4) is 0 Å². The third kappa shape index (κ3) is 5.01. The molecule has 0 aliphatic rings. The molecule has 0 aliphatic carbocycles. The van der Waals surface area contributed by atoms with E-state index in [-0.39, 0.29) is 6.41 Å². The second-order valence-electron chi connectivity index (χ2n) is 4.90. The number of aryl methyl sites for hydroxylation is 1. The van der Waals surface area contributed by atoms with Gasteiger partial charge in [0.05, 0.1) is 12.0 Å². The average Bonchev–Trinajstić information content (AvgIpc) is 2.46. The van der Waals surface area contributed by atoms with Crippen LogP contribution in [0.3, 0.4) is 0 Å². The monoisotopic (exact) mass is 279 g/mol. The molecule has 0 aliphatic heterocycles. The Morgan fingerprint density at radius 1 is 1.30 bits per heavy atom. The predicted octanol–water partition coefficient (Wildman–Crippen LogP) is 2.34. The van der Waals surface area contributed by atoms with E-state index >= 15 is 0 Å². The highest BCUT2D eigenvalue weighted by Crippen LogP contribution is 2.18. The molecule has 0 aromatic heterocycles. The summed E-state index contributed by atoms with van der Waals surface area (Å²) in [5.74, 6) is -1.74. The van der Waals surface area contributed by atoms with Crippen LogP contribution in [0.25, 0.3) is 0 Å². The molecule has 1 amide bonds. The fourth-order valence-electron chi connectivity index (χ4n) is 2.19. The molecule has 1 aromatic carbocycles. The summed E-state index contributed by atoms with van der Waals surface area (Å²) in [6.07, 6.45) is 3.20. The van der Waals surface area contributed by atoms with Gasteiger partial charge in [-0.05, 0) is 31.7 Å². The lowest BCUT2D eigenvalue weighted by Gasteiger charge is -2.24. The van der Waals surface area contributed by atoms with Crippen LogP contribution in [0.1, 0.15) is 31.7 Å². The molecule has 0 saturated heterocycles. The number of aliphatic carboxylic acids is 1. The summed E-state index contributed by atoms with van der Waals surface area (Å²) in [6, 6.07) is 9.27. The summed E-state index contributed by atoms with van der Waals surface area (Å²) in [6.45, 7) is 1.53. The van der Waals surface area contributed by atoms with Crippen LogP contribution in [0.2, 0.25) is 0 Å². The number of hydroxylamine groups is 2. The fraction of sp³-hybridized carbons (Fsp3) is 0.467. The van der Waals surface area contributed by atoms with Crippen LogP contribution in [0.15, 0.2) is 30.3 Å². The van der Waals surface area contributed by atoms with E-state index in [4.69, 9.17) is 5.11 Å². The van der Waals surface area contributed by atoms with Gasteiger partial charge in [0, 0.05) is 0 Å². The second kappa shape index (κ2) is 8.32. The molecule has 1 rings (SSSR count). The molecule has 0 saturated carbocycles. The van der Waals surface area contributed by atoms with Crippen LogP contribution in [0.4, 0.5) is 0 Å². The molecule has 20 heavy (non-hydrogen) atoms. The van der Waals surface area contributed by atoms with Gasteiger partial charge in [-0.2, -0.15) is 0 Å². The molecule has 2 atom stereocenters. The van der Waals surface area contributed by atoms with Gasteiger partial charge in [0.2, 0.25) is 6.41 Å². The van der Waals surface area contributed by atoms with Crippen molar-refractivity contribution in [3.63, 3.8) is 0 Å². The van der Waals surface area contributed by atoms with E-state index in [1.807, 2.05) is 30.3 Å².